The number of ether oxygens (including phenoxy) is 1. The number of nitrogens with zero attached hydrogens (tertiary/aromatic N) is 1. The second-order valence-corrected chi connectivity index (χ2v) is 4.23. The lowest BCUT2D eigenvalue weighted by atomic mass is 9.96. The van der Waals surface area contributed by atoms with Gasteiger partial charge in [-0.2, -0.15) is 0 Å². The molecule has 1 N–H and O–H groups in total. The molecule has 1 heterocycles. The zero-order chi connectivity index (χ0) is 13.7. The third-order valence-electron chi connectivity index (χ3n) is 3.13. The van der Waals surface area contributed by atoms with Crippen molar-refractivity contribution in [2.24, 2.45) is 0 Å². The van der Waals surface area contributed by atoms with E-state index in [0.717, 1.165) is 5.56 Å². The van der Waals surface area contributed by atoms with Crippen molar-refractivity contribution >= 4 is 0 Å². The summed E-state index contributed by atoms with van der Waals surface area (Å²) in [7, 11) is 3.42. The summed E-state index contributed by atoms with van der Waals surface area (Å²) >= 11 is 0. The van der Waals surface area contributed by atoms with Gasteiger partial charge in [0.25, 0.3) is 0 Å². The van der Waals surface area contributed by atoms with E-state index >= 15 is 0 Å². The van der Waals surface area contributed by atoms with Crippen LogP contribution in [0.2, 0.25) is 0 Å². The maximum atomic E-state index is 13.9. The van der Waals surface area contributed by atoms with Crippen molar-refractivity contribution in [3.63, 3.8) is 0 Å². The Morgan fingerprint density at radius 1 is 1.21 bits per heavy atom. The minimum absolute atomic E-state index is 0.261. The molecule has 1 aromatic heterocycles. The number of methoxy groups -OCH3 is 1. The fourth-order valence-electron chi connectivity index (χ4n) is 2.22. The van der Waals surface area contributed by atoms with Crippen LogP contribution in [0, 0.1) is 5.82 Å². The Hall–Kier alpha value is -1.78. The van der Waals surface area contributed by atoms with E-state index in [-0.39, 0.29) is 18.0 Å². The molecule has 0 aliphatic rings. The number of halogens is 1. The number of nitrogens with one attached hydrogen (secondary N) is 1. The van der Waals surface area contributed by atoms with E-state index in [2.05, 4.69) is 10.3 Å². The van der Waals surface area contributed by atoms with Gasteiger partial charge in [-0.3, -0.25) is 4.98 Å². The highest BCUT2D eigenvalue weighted by atomic mass is 19.1. The average molecular weight is 260 g/mol. The van der Waals surface area contributed by atoms with Crippen LogP contribution < -0.4 is 5.32 Å². The van der Waals surface area contributed by atoms with Gasteiger partial charge >= 0.3 is 0 Å². The van der Waals surface area contributed by atoms with E-state index < -0.39 is 0 Å². The number of hydrogen-bond acceptors (Lipinski definition) is 3. The molecule has 3 nitrogen and oxygen atoms in total. The van der Waals surface area contributed by atoms with E-state index in [1.54, 1.807) is 26.4 Å². The minimum Gasteiger partial charge on any atom is -0.375 e. The van der Waals surface area contributed by atoms with Gasteiger partial charge in [0.15, 0.2) is 0 Å². The number of pyridine rings is 1. The molecule has 0 amide bonds. The van der Waals surface area contributed by atoms with Crippen LogP contribution in [0.3, 0.4) is 0 Å². The van der Waals surface area contributed by atoms with Gasteiger partial charge in [0, 0.05) is 18.9 Å². The Morgan fingerprint density at radius 2 is 1.95 bits per heavy atom. The molecule has 0 aliphatic carbocycles. The van der Waals surface area contributed by atoms with Crippen molar-refractivity contribution in [2.45, 2.75) is 12.1 Å². The largest absolute Gasteiger partial charge is 0.375 e. The molecular weight excluding hydrogens is 243 g/mol. The average Bonchev–Trinajstić information content (AvgIpc) is 2.46. The van der Waals surface area contributed by atoms with Crippen molar-refractivity contribution in [3.05, 3.63) is 65.7 Å². The third-order valence-corrected chi connectivity index (χ3v) is 3.13. The highest BCUT2D eigenvalue weighted by Gasteiger charge is 2.25. The van der Waals surface area contributed by atoms with Crippen molar-refractivity contribution in [2.75, 3.05) is 14.2 Å². The Balaban J connectivity index is 2.38. The van der Waals surface area contributed by atoms with Gasteiger partial charge in [0.2, 0.25) is 0 Å². The maximum Gasteiger partial charge on any atom is 0.146 e. The molecular formula is C15H17FN2O. The minimum atomic E-state index is -0.333. The quantitative estimate of drug-likeness (QED) is 0.897. The Morgan fingerprint density at radius 3 is 2.53 bits per heavy atom. The summed E-state index contributed by atoms with van der Waals surface area (Å²) in [4.78, 5) is 3.78. The summed E-state index contributed by atoms with van der Waals surface area (Å²) in [5.41, 5.74) is 1.55. The van der Waals surface area contributed by atoms with Gasteiger partial charge in [0.1, 0.15) is 11.9 Å². The first-order valence-electron chi connectivity index (χ1n) is 6.12. The number of aromatic nitrogens is 1. The lowest BCUT2D eigenvalue weighted by molar-refractivity contribution is 0.0690. The number of benzene rings is 1. The topological polar surface area (TPSA) is 34.2 Å². The van der Waals surface area contributed by atoms with Crippen LogP contribution in [0.15, 0.2) is 48.8 Å². The van der Waals surface area contributed by atoms with Crippen molar-refractivity contribution in [1.82, 2.24) is 10.3 Å². The molecule has 0 radical (unpaired) electrons. The summed E-state index contributed by atoms with van der Waals surface area (Å²) in [6.07, 6.45) is 2.54. The van der Waals surface area contributed by atoms with Crippen LogP contribution in [0.1, 0.15) is 23.3 Å². The molecule has 0 fully saturated rings. The van der Waals surface area contributed by atoms with Crippen molar-refractivity contribution in [1.29, 1.82) is 0 Å². The van der Waals surface area contributed by atoms with Crippen molar-refractivity contribution < 1.29 is 9.13 Å². The fourth-order valence-corrected chi connectivity index (χ4v) is 2.22. The Kier molecular flexibility index (Phi) is 4.60. The normalized spacial score (nSPS) is 14.1. The van der Waals surface area contributed by atoms with Crippen LogP contribution in [0.25, 0.3) is 0 Å². The molecule has 2 rings (SSSR count). The number of likely N-dealkylation sites (N-methyl/N-ethyl adjacent to an activating group) is 1. The molecule has 2 unspecified atom stereocenters. The molecule has 2 atom stereocenters. The molecule has 0 bridgehead atoms. The lowest BCUT2D eigenvalue weighted by Gasteiger charge is -2.26. The SMILES string of the molecule is CNC(c1ccncc1F)C(OC)c1ccccc1. The zero-order valence-electron chi connectivity index (χ0n) is 11.0. The number of hydrogen-bond donors (Lipinski definition) is 1. The maximum absolute atomic E-state index is 13.9. The first-order chi connectivity index (χ1) is 9.27. The summed E-state index contributed by atoms with van der Waals surface area (Å²) in [5.74, 6) is -0.333. The first kappa shape index (κ1) is 13.6. The predicted octanol–water partition coefficient (Wildman–Crippen LogP) is 2.87. The molecule has 1 aromatic carbocycles. The van der Waals surface area contributed by atoms with Gasteiger partial charge in [-0.1, -0.05) is 30.3 Å². The second kappa shape index (κ2) is 6.41. The summed E-state index contributed by atoms with van der Waals surface area (Å²) < 4.78 is 19.4. The number of rotatable bonds is 5. The molecule has 4 heteroatoms. The highest BCUT2D eigenvalue weighted by molar-refractivity contribution is 5.26. The molecule has 100 valence electrons. The molecule has 0 aliphatic heterocycles. The molecule has 0 saturated heterocycles. The standard InChI is InChI=1S/C15H17FN2O/c1-17-14(12-8-9-18-10-13(12)16)15(19-2)11-6-4-3-5-7-11/h3-10,14-15,17H,1-2H3. The predicted molar refractivity (Wildman–Crippen MR) is 72.2 cm³/mol. The summed E-state index contributed by atoms with van der Waals surface area (Å²) in [6.45, 7) is 0. The van der Waals surface area contributed by atoms with Crippen LogP contribution in [-0.2, 0) is 4.74 Å². The Labute approximate surface area is 112 Å². The van der Waals surface area contributed by atoms with E-state index in [9.17, 15) is 4.39 Å². The molecule has 19 heavy (non-hydrogen) atoms. The smallest absolute Gasteiger partial charge is 0.146 e. The van der Waals surface area contributed by atoms with E-state index in [4.69, 9.17) is 4.74 Å². The van der Waals surface area contributed by atoms with E-state index in [1.165, 1.54) is 6.20 Å². The third kappa shape index (κ3) is 2.97. The van der Waals surface area contributed by atoms with Crippen LogP contribution >= 0.6 is 0 Å². The van der Waals surface area contributed by atoms with Gasteiger partial charge in [-0.05, 0) is 18.7 Å². The van der Waals surface area contributed by atoms with Gasteiger partial charge < -0.3 is 10.1 Å². The van der Waals surface area contributed by atoms with Crippen LogP contribution in [0.4, 0.5) is 4.39 Å². The van der Waals surface area contributed by atoms with Crippen LogP contribution in [0.5, 0.6) is 0 Å². The molecule has 2 aromatic rings. The van der Waals surface area contributed by atoms with Gasteiger partial charge in [-0.25, -0.2) is 4.39 Å². The van der Waals surface area contributed by atoms with Gasteiger partial charge in [0.05, 0.1) is 12.2 Å². The molecule has 0 spiro atoms. The fraction of sp³-hybridized carbons (Fsp3) is 0.267. The van der Waals surface area contributed by atoms with E-state index in [0.29, 0.717) is 5.56 Å². The van der Waals surface area contributed by atoms with E-state index in [1.807, 2.05) is 30.3 Å². The van der Waals surface area contributed by atoms with Crippen LogP contribution in [-0.4, -0.2) is 19.1 Å². The lowest BCUT2D eigenvalue weighted by Crippen LogP contribution is -2.26. The van der Waals surface area contributed by atoms with Gasteiger partial charge in [-0.15, -0.1) is 0 Å². The second-order valence-electron chi connectivity index (χ2n) is 4.23. The van der Waals surface area contributed by atoms with Crippen molar-refractivity contribution in [3.8, 4) is 0 Å². The highest BCUT2D eigenvalue weighted by Crippen LogP contribution is 2.32. The summed E-state index contributed by atoms with van der Waals surface area (Å²) in [5, 5.41) is 3.12. The summed E-state index contributed by atoms with van der Waals surface area (Å²) in [6, 6.07) is 11.2. The Bertz CT molecular complexity index is 519. The first-order valence-corrected chi connectivity index (χ1v) is 6.12. The zero-order valence-corrected chi connectivity index (χ0v) is 11.0. The molecule has 0 saturated carbocycles. The monoisotopic (exact) mass is 260 g/mol.